The normalized spacial score (nSPS) is 23.7. The van der Waals surface area contributed by atoms with Gasteiger partial charge < -0.3 is 4.74 Å². The molecular weight excluding hydrogens is 468 g/mol. The molecule has 208 valence electrons. The molecule has 1 heterocycles. The minimum Gasteiger partial charge on any atom is -0.426 e. The molecule has 0 amide bonds. The highest BCUT2D eigenvalue weighted by Gasteiger charge is 2.33. The Kier molecular flexibility index (Phi) is 11.6. The van der Waals surface area contributed by atoms with Gasteiger partial charge in [0.25, 0.3) is 0 Å². The zero-order chi connectivity index (χ0) is 26.6. The molecule has 4 heteroatoms. The van der Waals surface area contributed by atoms with Crippen LogP contribution < -0.4 is 4.74 Å². The number of esters is 1. The summed E-state index contributed by atoms with van der Waals surface area (Å²) in [7, 11) is 0. The number of carbonyl (C=O) groups excluding carboxylic acids is 1. The predicted molar refractivity (Wildman–Crippen MR) is 156 cm³/mol. The average molecular weight is 519 g/mol. The summed E-state index contributed by atoms with van der Waals surface area (Å²) in [6, 6.07) is 7.66. The van der Waals surface area contributed by atoms with Gasteiger partial charge >= 0.3 is 5.97 Å². The number of rotatable bonds is 13. The van der Waals surface area contributed by atoms with E-state index in [2.05, 4.69) is 23.8 Å². The number of hydrogen-bond acceptors (Lipinski definition) is 4. The molecule has 2 aromatic rings. The number of unbranched alkanes of at least 4 members (excludes halogenated alkanes) is 6. The molecule has 0 atom stereocenters. The molecule has 4 nitrogen and oxygen atoms in total. The van der Waals surface area contributed by atoms with Crippen molar-refractivity contribution in [2.24, 2.45) is 23.7 Å². The van der Waals surface area contributed by atoms with E-state index in [9.17, 15) is 4.79 Å². The van der Waals surface area contributed by atoms with Gasteiger partial charge in [0.05, 0.1) is 5.92 Å². The molecule has 0 aliphatic heterocycles. The molecule has 1 aromatic heterocycles. The van der Waals surface area contributed by atoms with E-state index in [1.54, 1.807) is 0 Å². The van der Waals surface area contributed by atoms with E-state index >= 15 is 0 Å². The summed E-state index contributed by atoms with van der Waals surface area (Å²) in [5.41, 5.74) is 2.15. The van der Waals surface area contributed by atoms with Crippen molar-refractivity contribution in [1.29, 1.82) is 0 Å². The molecule has 2 fully saturated rings. The molecule has 2 saturated carbocycles. The van der Waals surface area contributed by atoms with Crippen LogP contribution in [-0.2, 0) is 11.2 Å². The lowest BCUT2D eigenvalue weighted by atomic mass is 9.69. The standard InChI is InChI=1S/C34H50N2O2/c1-3-5-6-7-8-9-10-11-27-24-35-33(36-25-27)30-20-22-32(23-21-30)38-34(37)31-18-16-29(17-19-31)28-14-12-26(4-2)13-15-28/h20-26,28-29,31H,3-19H2,1-2H3/t26-,28-,29-,31-. The Morgan fingerprint density at radius 3 is 1.95 bits per heavy atom. The smallest absolute Gasteiger partial charge is 0.314 e. The van der Waals surface area contributed by atoms with Crippen LogP contribution in [0.25, 0.3) is 11.4 Å². The number of aromatic nitrogens is 2. The van der Waals surface area contributed by atoms with Crippen molar-refractivity contribution in [2.75, 3.05) is 0 Å². The molecule has 0 unspecified atom stereocenters. The van der Waals surface area contributed by atoms with Crippen LogP contribution in [0.5, 0.6) is 5.75 Å². The van der Waals surface area contributed by atoms with Crippen LogP contribution in [0.15, 0.2) is 36.7 Å². The second kappa shape index (κ2) is 15.4. The zero-order valence-electron chi connectivity index (χ0n) is 24.0. The third-order valence-electron chi connectivity index (χ3n) is 9.35. The van der Waals surface area contributed by atoms with Crippen LogP contribution in [-0.4, -0.2) is 15.9 Å². The van der Waals surface area contributed by atoms with Crippen LogP contribution >= 0.6 is 0 Å². The minimum absolute atomic E-state index is 0.0464. The summed E-state index contributed by atoms with van der Waals surface area (Å²) in [5.74, 6) is 3.99. The van der Waals surface area contributed by atoms with Gasteiger partial charge in [-0.3, -0.25) is 4.79 Å². The molecule has 2 aliphatic rings. The summed E-state index contributed by atoms with van der Waals surface area (Å²) >= 11 is 0. The summed E-state index contributed by atoms with van der Waals surface area (Å²) in [6.45, 7) is 4.59. The fourth-order valence-electron chi connectivity index (χ4n) is 6.68. The second-order valence-electron chi connectivity index (χ2n) is 12.0. The van der Waals surface area contributed by atoms with Crippen LogP contribution in [0.1, 0.15) is 122 Å². The first-order chi connectivity index (χ1) is 18.7. The van der Waals surface area contributed by atoms with Gasteiger partial charge in [-0.1, -0.05) is 71.6 Å². The fourth-order valence-corrected chi connectivity index (χ4v) is 6.68. The van der Waals surface area contributed by atoms with E-state index < -0.39 is 0 Å². The van der Waals surface area contributed by atoms with Crippen LogP contribution in [0.3, 0.4) is 0 Å². The van der Waals surface area contributed by atoms with Gasteiger partial charge in [-0.15, -0.1) is 0 Å². The van der Waals surface area contributed by atoms with Gasteiger partial charge in [0, 0.05) is 18.0 Å². The van der Waals surface area contributed by atoms with Crippen molar-refractivity contribution in [1.82, 2.24) is 9.97 Å². The predicted octanol–water partition coefficient (Wildman–Crippen LogP) is 9.36. The van der Waals surface area contributed by atoms with Crippen molar-refractivity contribution in [3.05, 3.63) is 42.2 Å². The highest BCUT2D eigenvalue weighted by atomic mass is 16.5. The third-order valence-corrected chi connectivity index (χ3v) is 9.35. The van der Waals surface area contributed by atoms with Gasteiger partial charge in [0.2, 0.25) is 0 Å². The largest absolute Gasteiger partial charge is 0.426 e. The Morgan fingerprint density at radius 2 is 1.34 bits per heavy atom. The van der Waals surface area contributed by atoms with Crippen LogP contribution in [0.2, 0.25) is 0 Å². The maximum absolute atomic E-state index is 12.9. The summed E-state index contributed by atoms with van der Waals surface area (Å²) < 4.78 is 5.78. The van der Waals surface area contributed by atoms with Gasteiger partial charge in [0.15, 0.2) is 5.82 Å². The Morgan fingerprint density at radius 1 is 0.763 bits per heavy atom. The molecule has 2 aliphatic carbocycles. The third kappa shape index (κ3) is 8.64. The average Bonchev–Trinajstić information content (AvgIpc) is 2.97. The molecule has 1 aromatic carbocycles. The molecule has 0 bridgehead atoms. The number of nitrogens with zero attached hydrogens (tertiary/aromatic N) is 2. The number of hydrogen-bond donors (Lipinski definition) is 0. The van der Waals surface area contributed by atoms with E-state index in [4.69, 9.17) is 4.74 Å². The Balaban J connectivity index is 1.17. The van der Waals surface area contributed by atoms with Crippen molar-refractivity contribution >= 4 is 5.97 Å². The van der Waals surface area contributed by atoms with Gasteiger partial charge in [-0.2, -0.15) is 0 Å². The Hall–Kier alpha value is -2.23. The van der Waals surface area contributed by atoms with Crippen molar-refractivity contribution in [3.63, 3.8) is 0 Å². The van der Waals surface area contributed by atoms with Gasteiger partial charge in [-0.05, 0) is 98.9 Å². The summed E-state index contributed by atoms with van der Waals surface area (Å²) in [4.78, 5) is 22.0. The first kappa shape index (κ1) is 28.8. The Bertz CT molecular complexity index is 939. The topological polar surface area (TPSA) is 52.1 Å². The molecule has 0 N–H and O–H groups in total. The molecule has 4 rings (SSSR count). The fraction of sp³-hybridized carbons (Fsp3) is 0.676. The van der Waals surface area contributed by atoms with E-state index in [1.165, 1.54) is 95.5 Å². The first-order valence-corrected chi connectivity index (χ1v) is 15.8. The van der Waals surface area contributed by atoms with Gasteiger partial charge in [-0.25, -0.2) is 9.97 Å². The monoisotopic (exact) mass is 518 g/mol. The van der Waals surface area contributed by atoms with E-state index in [0.717, 1.165) is 48.4 Å². The van der Waals surface area contributed by atoms with E-state index in [1.807, 2.05) is 36.7 Å². The van der Waals surface area contributed by atoms with Crippen LogP contribution in [0, 0.1) is 23.7 Å². The number of carbonyl (C=O) groups is 1. The Labute approximate surface area is 231 Å². The summed E-state index contributed by atoms with van der Waals surface area (Å²) in [5, 5.41) is 0. The molecule has 38 heavy (non-hydrogen) atoms. The maximum atomic E-state index is 12.9. The number of ether oxygens (including phenoxy) is 1. The van der Waals surface area contributed by atoms with Crippen LogP contribution in [0.4, 0.5) is 0 Å². The lowest BCUT2D eigenvalue weighted by Gasteiger charge is -2.37. The lowest BCUT2D eigenvalue weighted by Crippen LogP contribution is -2.30. The summed E-state index contributed by atoms with van der Waals surface area (Å²) in [6.07, 6.45) is 25.5. The molecule has 0 radical (unpaired) electrons. The molecular formula is C34H50N2O2. The highest BCUT2D eigenvalue weighted by molar-refractivity contribution is 5.75. The maximum Gasteiger partial charge on any atom is 0.314 e. The van der Waals surface area contributed by atoms with Crippen molar-refractivity contribution in [3.8, 4) is 17.1 Å². The van der Waals surface area contributed by atoms with Gasteiger partial charge in [0.1, 0.15) is 5.75 Å². The van der Waals surface area contributed by atoms with E-state index in [-0.39, 0.29) is 11.9 Å². The number of aryl methyl sites for hydroxylation is 1. The second-order valence-corrected chi connectivity index (χ2v) is 12.0. The van der Waals surface area contributed by atoms with E-state index in [0.29, 0.717) is 5.75 Å². The quantitative estimate of drug-likeness (QED) is 0.151. The number of benzene rings is 1. The minimum atomic E-state index is -0.0585. The van der Waals surface area contributed by atoms with Crippen molar-refractivity contribution in [2.45, 2.75) is 123 Å². The SMILES string of the molecule is CCCCCCCCCc1cnc(-c2ccc(OC(=O)[C@H]3CC[C@H]([C@H]4CC[C@H](CC)CC4)CC3)cc2)nc1. The van der Waals surface area contributed by atoms with Crippen molar-refractivity contribution < 1.29 is 9.53 Å². The first-order valence-electron chi connectivity index (χ1n) is 15.8. The lowest BCUT2D eigenvalue weighted by molar-refractivity contribution is -0.140. The highest BCUT2D eigenvalue weighted by Crippen LogP contribution is 2.42. The molecule has 0 saturated heterocycles. The zero-order valence-corrected chi connectivity index (χ0v) is 24.0. The molecule has 0 spiro atoms.